The standard InChI is InChI=1S/C21H19N3/c22-17-13-10-16(11-14-17)12-15-21-23-19-8-4-5-9-20(19)24(21)18-6-2-1-3-7-18/h1-11,13-14H,12,15,22H2. The quantitative estimate of drug-likeness (QED) is 0.568. The van der Waals surface area contributed by atoms with Crippen LogP contribution >= 0.6 is 0 Å². The number of hydrogen-bond donors (Lipinski definition) is 1. The summed E-state index contributed by atoms with van der Waals surface area (Å²) >= 11 is 0. The molecule has 0 aliphatic heterocycles. The van der Waals surface area contributed by atoms with Gasteiger partial charge in [0.05, 0.1) is 11.0 Å². The Balaban J connectivity index is 1.73. The molecule has 2 N–H and O–H groups in total. The number of anilines is 1. The van der Waals surface area contributed by atoms with E-state index < -0.39 is 0 Å². The monoisotopic (exact) mass is 313 g/mol. The fourth-order valence-electron chi connectivity index (χ4n) is 3.05. The SMILES string of the molecule is Nc1ccc(CCc2nc3ccccc3n2-c2ccccc2)cc1. The second-order valence-electron chi connectivity index (χ2n) is 5.93. The summed E-state index contributed by atoms with van der Waals surface area (Å²) in [5.74, 6) is 1.08. The van der Waals surface area contributed by atoms with E-state index in [-0.39, 0.29) is 0 Å². The second-order valence-corrected chi connectivity index (χ2v) is 5.93. The molecule has 0 unspecified atom stereocenters. The minimum absolute atomic E-state index is 0.801. The number of rotatable bonds is 4. The zero-order valence-electron chi connectivity index (χ0n) is 13.4. The number of para-hydroxylation sites is 3. The molecule has 3 nitrogen and oxygen atoms in total. The molecule has 0 radical (unpaired) electrons. The Kier molecular flexibility index (Phi) is 3.75. The van der Waals surface area contributed by atoms with Gasteiger partial charge in [0.2, 0.25) is 0 Å². The highest BCUT2D eigenvalue weighted by Crippen LogP contribution is 2.22. The summed E-state index contributed by atoms with van der Waals surface area (Å²) in [6.07, 6.45) is 1.82. The number of benzene rings is 3. The summed E-state index contributed by atoms with van der Waals surface area (Å²) in [4.78, 5) is 4.86. The molecule has 0 atom stereocenters. The minimum Gasteiger partial charge on any atom is -0.399 e. The zero-order valence-corrected chi connectivity index (χ0v) is 13.4. The Labute approximate surface area is 141 Å². The van der Waals surface area contributed by atoms with Crippen LogP contribution in [-0.4, -0.2) is 9.55 Å². The van der Waals surface area contributed by atoms with Crippen LogP contribution in [0.4, 0.5) is 5.69 Å². The van der Waals surface area contributed by atoms with E-state index in [1.54, 1.807) is 0 Å². The lowest BCUT2D eigenvalue weighted by atomic mass is 10.1. The first-order valence-electron chi connectivity index (χ1n) is 8.17. The summed E-state index contributed by atoms with van der Waals surface area (Å²) in [6, 6.07) is 26.8. The van der Waals surface area contributed by atoms with Gasteiger partial charge in [0.15, 0.2) is 0 Å². The van der Waals surface area contributed by atoms with Gasteiger partial charge >= 0.3 is 0 Å². The van der Waals surface area contributed by atoms with Crippen molar-refractivity contribution in [3.05, 3.63) is 90.3 Å². The van der Waals surface area contributed by atoms with E-state index in [1.807, 2.05) is 24.3 Å². The molecule has 4 aromatic rings. The Bertz CT molecular complexity index is 953. The second kappa shape index (κ2) is 6.20. The van der Waals surface area contributed by atoms with Crippen LogP contribution in [0.3, 0.4) is 0 Å². The van der Waals surface area contributed by atoms with E-state index in [0.29, 0.717) is 0 Å². The maximum absolute atomic E-state index is 5.77. The lowest BCUT2D eigenvalue weighted by molar-refractivity contribution is 0.839. The van der Waals surface area contributed by atoms with Gasteiger partial charge in [-0.25, -0.2) is 4.98 Å². The number of nitrogen functional groups attached to an aromatic ring is 1. The van der Waals surface area contributed by atoms with Crippen molar-refractivity contribution < 1.29 is 0 Å². The van der Waals surface area contributed by atoms with Gasteiger partial charge in [0, 0.05) is 17.8 Å². The molecular weight excluding hydrogens is 294 g/mol. The van der Waals surface area contributed by atoms with Crippen molar-refractivity contribution in [3.8, 4) is 5.69 Å². The maximum atomic E-state index is 5.77. The van der Waals surface area contributed by atoms with Gasteiger partial charge in [-0.2, -0.15) is 0 Å². The van der Waals surface area contributed by atoms with E-state index in [4.69, 9.17) is 10.7 Å². The van der Waals surface area contributed by atoms with Crippen molar-refractivity contribution in [2.24, 2.45) is 0 Å². The van der Waals surface area contributed by atoms with Gasteiger partial charge < -0.3 is 5.73 Å². The third-order valence-electron chi connectivity index (χ3n) is 4.26. The molecule has 0 bridgehead atoms. The van der Waals surface area contributed by atoms with Crippen LogP contribution < -0.4 is 5.73 Å². The number of nitrogens with zero attached hydrogens (tertiary/aromatic N) is 2. The Hall–Kier alpha value is -3.07. The summed E-state index contributed by atoms with van der Waals surface area (Å²) in [5, 5.41) is 0. The molecule has 0 fully saturated rings. The molecule has 0 saturated carbocycles. The van der Waals surface area contributed by atoms with Gasteiger partial charge in [-0.05, 0) is 48.4 Å². The number of aromatic nitrogens is 2. The molecule has 0 aliphatic carbocycles. The van der Waals surface area contributed by atoms with Gasteiger partial charge in [-0.3, -0.25) is 4.57 Å². The first-order chi connectivity index (χ1) is 11.8. The van der Waals surface area contributed by atoms with Gasteiger partial charge in [-0.1, -0.05) is 42.5 Å². The van der Waals surface area contributed by atoms with Crippen LogP contribution in [-0.2, 0) is 12.8 Å². The molecule has 24 heavy (non-hydrogen) atoms. The molecule has 0 amide bonds. The van der Waals surface area contributed by atoms with Gasteiger partial charge in [0.25, 0.3) is 0 Å². The number of nitrogens with two attached hydrogens (primary N) is 1. The van der Waals surface area contributed by atoms with E-state index in [1.165, 1.54) is 5.56 Å². The Morgan fingerprint density at radius 1 is 0.750 bits per heavy atom. The third kappa shape index (κ3) is 2.76. The van der Waals surface area contributed by atoms with E-state index in [0.717, 1.165) is 41.1 Å². The van der Waals surface area contributed by atoms with Crippen molar-refractivity contribution in [2.75, 3.05) is 5.73 Å². The van der Waals surface area contributed by atoms with Crippen LogP contribution in [0.1, 0.15) is 11.4 Å². The lowest BCUT2D eigenvalue weighted by Crippen LogP contribution is -2.03. The van der Waals surface area contributed by atoms with Crippen molar-refractivity contribution in [1.82, 2.24) is 9.55 Å². The molecular formula is C21H19N3. The van der Waals surface area contributed by atoms with Crippen LogP contribution in [0.5, 0.6) is 0 Å². The number of imidazole rings is 1. The Morgan fingerprint density at radius 2 is 1.46 bits per heavy atom. The molecule has 0 spiro atoms. The summed E-state index contributed by atoms with van der Waals surface area (Å²) in [7, 11) is 0. The highest BCUT2D eigenvalue weighted by Gasteiger charge is 2.11. The predicted molar refractivity (Wildman–Crippen MR) is 99.3 cm³/mol. The predicted octanol–water partition coefficient (Wildman–Crippen LogP) is 4.39. The first kappa shape index (κ1) is 14.5. The van der Waals surface area contributed by atoms with E-state index in [9.17, 15) is 0 Å². The van der Waals surface area contributed by atoms with Gasteiger partial charge in [0.1, 0.15) is 5.82 Å². The first-order valence-corrected chi connectivity index (χ1v) is 8.17. The zero-order chi connectivity index (χ0) is 16.4. The molecule has 0 saturated heterocycles. The molecule has 0 aliphatic rings. The highest BCUT2D eigenvalue weighted by molar-refractivity contribution is 5.78. The molecule has 1 aromatic heterocycles. The third-order valence-corrected chi connectivity index (χ3v) is 4.26. The summed E-state index contributed by atoms with van der Waals surface area (Å²) in [6.45, 7) is 0. The van der Waals surface area contributed by atoms with E-state index >= 15 is 0 Å². The lowest BCUT2D eigenvalue weighted by Gasteiger charge is -2.09. The summed E-state index contributed by atoms with van der Waals surface area (Å²) < 4.78 is 2.26. The number of aryl methyl sites for hydroxylation is 2. The van der Waals surface area contributed by atoms with Crippen LogP contribution in [0.2, 0.25) is 0 Å². The fourth-order valence-corrected chi connectivity index (χ4v) is 3.05. The van der Waals surface area contributed by atoms with Crippen molar-refractivity contribution in [1.29, 1.82) is 0 Å². The minimum atomic E-state index is 0.801. The smallest absolute Gasteiger partial charge is 0.114 e. The van der Waals surface area contributed by atoms with Crippen LogP contribution in [0, 0.1) is 0 Å². The topological polar surface area (TPSA) is 43.8 Å². The summed E-state index contributed by atoms with van der Waals surface area (Å²) in [5.41, 5.74) is 11.2. The van der Waals surface area contributed by atoms with Crippen molar-refractivity contribution >= 4 is 16.7 Å². The number of fused-ring (bicyclic) bond motifs is 1. The van der Waals surface area contributed by atoms with Crippen molar-refractivity contribution in [2.45, 2.75) is 12.8 Å². The average molecular weight is 313 g/mol. The number of hydrogen-bond acceptors (Lipinski definition) is 2. The highest BCUT2D eigenvalue weighted by atomic mass is 15.1. The van der Waals surface area contributed by atoms with E-state index in [2.05, 4.69) is 59.2 Å². The molecule has 118 valence electrons. The van der Waals surface area contributed by atoms with Crippen LogP contribution in [0.25, 0.3) is 16.7 Å². The molecule has 3 heteroatoms. The van der Waals surface area contributed by atoms with Crippen LogP contribution in [0.15, 0.2) is 78.9 Å². The fraction of sp³-hybridized carbons (Fsp3) is 0.0952. The average Bonchev–Trinajstić information content (AvgIpc) is 3.00. The molecule has 4 rings (SSSR count). The maximum Gasteiger partial charge on any atom is 0.114 e. The largest absolute Gasteiger partial charge is 0.399 e. The van der Waals surface area contributed by atoms with Gasteiger partial charge in [-0.15, -0.1) is 0 Å². The molecule has 3 aromatic carbocycles. The van der Waals surface area contributed by atoms with Crippen molar-refractivity contribution in [3.63, 3.8) is 0 Å². The normalized spacial score (nSPS) is 11.0. The molecule has 1 heterocycles. The Morgan fingerprint density at radius 3 is 2.25 bits per heavy atom.